The number of rotatable bonds is 3. The van der Waals surface area contributed by atoms with Gasteiger partial charge in [0.2, 0.25) is 10.0 Å². The number of benzene rings is 1. The fourth-order valence-electron chi connectivity index (χ4n) is 3.85. The number of nitrogens with one attached hydrogen (secondary N) is 1. The lowest BCUT2D eigenvalue weighted by atomic mass is 9.99. The zero-order valence-corrected chi connectivity index (χ0v) is 16.2. The van der Waals surface area contributed by atoms with Crippen LogP contribution in [0.2, 0.25) is 0 Å². The number of nitrogens with zero attached hydrogens (tertiary/aromatic N) is 4. The zero-order valence-electron chi connectivity index (χ0n) is 15.4. The molecule has 7 nitrogen and oxygen atoms in total. The van der Waals surface area contributed by atoms with E-state index >= 15 is 0 Å². The Bertz CT molecular complexity index is 943. The van der Waals surface area contributed by atoms with Crippen molar-refractivity contribution in [3.63, 3.8) is 0 Å². The summed E-state index contributed by atoms with van der Waals surface area (Å²) in [6.07, 6.45) is 2.45. The summed E-state index contributed by atoms with van der Waals surface area (Å²) < 4.78 is 43.5. The van der Waals surface area contributed by atoms with Crippen molar-refractivity contribution >= 4 is 10.0 Å². The van der Waals surface area contributed by atoms with Crippen molar-refractivity contribution in [1.82, 2.24) is 24.4 Å². The molecule has 0 unspecified atom stereocenters. The van der Waals surface area contributed by atoms with Crippen LogP contribution in [-0.2, 0) is 23.0 Å². The summed E-state index contributed by atoms with van der Waals surface area (Å²) in [5.41, 5.74) is 0.435. The number of halogens is 1. The van der Waals surface area contributed by atoms with Crippen molar-refractivity contribution in [2.75, 3.05) is 26.2 Å². The van der Waals surface area contributed by atoms with Crippen molar-refractivity contribution in [3.8, 4) is 0 Å². The van der Waals surface area contributed by atoms with Gasteiger partial charge in [-0.2, -0.15) is 4.31 Å². The Labute approximate surface area is 158 Å². The Hall–Kier alpha value is -1.84. The fourth-order valence-corrected chi connectivity index (χ4v) is 5.39. The molecule has 1 saturated heterocycles. The molecule has 0 radical (unpaired) electrons. The molecule has 9 heteroatoms. The van der Waals surface area contributed by atoms with Gasteiger partial charge in [-0.1, -0.05) is 6.07 Å². The normalized spacial score (nSPS) is 21.6. The lowest BCUT2D eigenvalue weighted by molar-refractivity contribution is 0.304. The van der Waals surface area contributed by atoms with E-state index in [9.17, 15) is 12.8 Å². The predicted molar refractivity (Wildman–Crippen MR) is 98.5 cm³/mol. The van der Waals surface area contributed by atoms with Gasteiger partial charge in [0.1, 0.15) is 17.5 Å². The molecule has 2 aliphatic rings. The van der Waals surface area contributed by atoms with Crippen LogP contribution in [0.15, 0.2) is 23.1 Å². The molecule has 4 rings (SSSR count). The van der Waals surface area contributed by atoms with Crippen molar-refractivity contribution in [2.45, 2.75) is 43.5 Å². The van der Waals surface area contributed by atoms with Crippen LogP contribution in [0, 0.1) is 12.7 Å². The Kier molecular flexibility index (Phi) is 5.00. The first kappa shape index (κ1) is 18.5. The topological polar surface area (TPSA) is 80.1 Å². The number of aromatic nitrogens is 3. The van der Waals surface area contributed by atoms with Gasteiger partial charge in [-0.3, -0.25) is 0 Å². The van der Waals surface area contributed by atoms with Gasteiger partial charge >= 0.3 is 0 Å². The van der Waals surface area contributed by atoms with E-state index in [0.717, 1.165) is 56.6 Å². The van der Waals surface area contributed by atoms with E-state index in [-0.39, 0.29) is 10.8 Å². The molecule has 2 aliphatic heterocycles. The Morgan fingerprint density at radius 1 is 1.22 bits per heavy atom. The van der Waals surface area contributed by atoms with Crippen LogP contribution in [0.1, 0.15) is 36.0 Å². The lowest BCUT2D eigenvalue weighted by Crippen LogP contribution is -2.40. The largest absolute Gasteiger partial charge is 0.315 e. The summed E-state index contributed by atoms with van der Waals surface area (Å²) in [5, 5.41) is 12.0. The maximum atomic E-state index is 13.9. The highest BCUT2D eigenvalue weighted by molar-refractivity contribution is 7.89. The third kappa shape index (κ3) is 3.51. The quantitative estimate of drug-likeness (QED) is 0.854. The highest BCUT2D eigenvalue weighted by atomic mass is 32.2. The molecule has 1 aromatic heterocycles. The molecular weight excluding hydrogens is 369 g/mol. The number of hydrogen-bond acceptors (Lipinski definition) is 5. The van der Waals surface area contributed by atoms with Crippen LogP contribution in [0.25, 0.3) is 0 Å². The molecule has 0 spiro atoms. The number of aryl methyl sites for hydroxylation is 1. The van der Waals surface area contributed by atoms with Gasteiger partial charge in [0.25, 0.3) is 0 Å². The van der Waals surface area contributed by atoms with Gasteiger partial charge in [0.15, 0.2) is 0 Å². The van der Waals surface area contributed by atoms with Crippen LogP contribution >= 0.6 is 0 Å². The van der Waals surface area contributed by atoms with Gasteiger partial charge < -0.3 is 9.88 Å². The maximum absolute atomic E-state index is 13.9. The van der Waals surface area contributed by atoms with Crippen LogP contribution in [0.5, 0.6) is 0 Å². The highest BCUT2D eigenvalue weighted by Gasteiger charge is 2.34. The van der Waals surface area contributed by atoms with Gasteiger partial charge in [0, 0.05) is 45.1 Å². The van der Waals surface area contributed by atoms with E-state index in [2.05, 4.69) is 20.1 Å². The average Bonchev–Trinajstić information content (AvgIpc) is 2.92. The van der Waals surface area contributed by atoms with E-state index in [4.69, 9.17) is 0 Å². The van der Waals surface area contributed by atoms with E-state index < -0.39 is 15.8 Å². The number of piperidine rings is 1. The Morgan fingerprint density at radius 2 is 2.07 bits per heavy atom. The first-order chi connectivity index (χ1) is 13.0. The van der Waals surface area contributed by atoms with Gasteiger partial charge in [-0.25, -0.2) is 12.8 Å². The van der Waals surface area contributed by atoms with Crippen molar-refractivity contribution < 1.29 is 12.8 Å². The fraction of sp³-hybridized carbons (Fsp3) is 0.556. The minimum Gasteiger partial charge on any atom is -0.315 e. The van der Waals surface area contributed by atoms with Crippen molar-refractivity contribution in [2.24, 2.45) is 0 Å². The van der Waals surface area contributed by atoms with Gasteiger partial charge in [-0.15, -0.1) is 10.2 Å². The minimum absolute atomic E-state index is 0.00294. The second kappa shape index (κ2) is 7.29. The molecule has 0 amide bonds. The summed E-state index contributed by atoms with van der Waals surface area (Å²) in [6, 6.07) is 4.10. The standard InChI is InChI=1S/C18H24FN5O2S/c1-13-4-5-15(11-16(13)19)27(25,26)23-9-2-3-14(12-23)18-22-21-17-6-7-20-8-10-24(17)18/h4-5,11,14,20H,2-3,6-10,12H2,1H3/t14-/m1/s1. The first-order valence-electron chi connectivity index (χ1n) is 9.36. The average molecular weight is 393 g/mol. The molecule has 1 fully saturated rings. The van der Waals surface area contributed by atoms with Crippen LogP contribution in [0.3, 0.4) is 0 Å². The molecule has 0 saturated carbocycles. The second-order valence-corrected chi connectivity index (χ2v) is 9.18. The third-order valence-corrected chi connectivity index (χ3v) is 7.29. The molecule has 1 N–H and O–H groups in total. The van der Waals surface area contributed by atoms with Crippen LogP contribution in [0.4, 0.5) is 4.39 Å². The minimum atomic E-state index is -3.73. The molecule has 0 bridgehead atoms. The number of fused-ring (bicyclic) bond motifs is 1. The zero-order chi connectivity index (χ0) is 19.0. The SMILES string of the molecule is Cc1ccc(S(=O)(=O)N2CCC[C@@H](c3nnc4n3CCNCC4)C2)cc1F. The van der Waals surface area contributed by atoms with E-state index in [1.165, 1.54) is 16.4 Å². The van der Waals surface area contributed by atoms with Gasteiger partial charge in [-0.05, 0) is 37.5 Å². The number of sulfonamides is 1. The molecule has 27 heavy (non-hydrogen) atoms. The van der Waals surface area contributed by atoms with Crippen LogP contribution in [-0.4, -0.2) is 53.7 Å². The predicted octanol–water partition coefficient (Wildman–Crippen LogP) is 1.44. The van der Waals surface area contributed by atoms with Crippen molar-refractivity contribution in [3.05, 3.63) is 41.2 Å². The number of hydrogen-bond donors (Lipinski definition) is 1. The maximum Gasteiger partial charge on any atom is 0.243 e. The summed E-state index contributed by atoms with van der Waals surface area (Å²) in [6.45, 7) is 4.94. The lowest BCUT2D eigenvalue weighted by Gasteiger charge is -2.31. The summed E-state index contributed by atoms with van der Waals surface area (Å²) in [4.78, 5) is 0.00974. The molecule has 0 aliphatic carbocycles. The first-order valence-corrected chi connectivity index (χ1v) is 10.8. The Balaban J connectivity index is 1.59. The molecule has 1 atom stereocenters. The monoisotopic (exact) mass is 393 g/mol. The smallest absolute Gasteiger partial charge is 0.243 e. The molecule has 2 aromatic rings. The third-order valence-electron chi connectivity index (χ3n) is 5.42. The molecule has 3 heterocycles. The van der Waals surface area contributed by atoms with Crippen molar-refractivity contribution in [1.29, 1.82) is 0 Å². The molecule has 1 aromatic carbocycles. The summed E-state index contributed by atoms with van der Waals surface area (Å²) in [7, 11) is -3.73. The summed E-state index contributed by atoms with van der Waals surface area (Å²) in [5.74, 6) is 1.32. The van der Waals surface area contributed by atoms with E-state index in [1.807, 2.05) is 0 Å². The summed E-state index contributed by atoms with van der Waals surface area (Å²) >= 11 is 0. The van der Waals surface area contributed by atoms with Crippen LogP contribution < -0.4 is 5.32 Å². The second-order valence-electron chi connectivity index (χ2n) is 7.24. The molecular formula is C18H24FN5O2S. The molecule has 146 valence electrons. The van der Waals surface area contributed by atoms with E-state index in [0.29, 0.717) is 18.7 Å². The van der Waals surface area contributed by atoms with Gasteiger partial charge in [0.05, 0.1) is 4.90 Å². The Morgan fingerprint density at radius 3 is 2.89 bits per heavy atom. The highest BCUT2D eigenvalue weighted by Crippen LogP contribution is 2.30. The van der Waals surface area contributed by atoms with E-state index in [1.54, 1.807) is 6.92 Å².